The van der Waals surface area contributed by atoms with E-state index in [1.54, 1.807) is 7.11 Å². The Balaban J connectivity index is 1.68. The molecule has 0 bridgehead atoms. The number of carbonyl (C=O) groups is 1. The van der Waals surface area contributed by atoms with Crippen LogP contribution < -0.4 is 5.32 Å². The normalized spacial score (nSPS) is 18.1. The van der Waals surface area contributed by atoms with Crippen molar-refractivity contribution in [2.24, 2.45) is 0 Å². The van der Waals surface area contributed by atoms with Crippen LogP contribution in [0.2, 0.25) is 0 Å². The Bertz CT molecular complexity index is 444. The molecular formula is C17H26N2O3. The molecule has 0 radical (unpaired) electrons. The second-order valence-corrected chi connectivity index (χ2v) is 5.74. The van der Waals surface area contributed by atoms with Crippen LogP contribution in [0.3, 0.4) is 0 Å². The Morgan fingerprint density at radius 1 is 1.36 bits per heavy atom. The molecule has 5 heteroatoms. The second kappa shape index (κ2) is 8.88. The van der Waals surface area contributed by atoms with E-state index in [9.17, 15) is 9.90 Å². The van der Waals surface area contributed by atoms with Crippen molar-refractivity contribution in [2.75, 3.05) is 33.3 Å². The fourth-order valence-electron chi connectivity index (χ4n) is 2.77. The third-order valence-corrected chi connectivity index (χ3v) is 4.08. The molecule has 0 aliphatic carbocycles. The largest absolute Gasteiger partial charge is 0.393 e. The fourth-order valence-corrected chi connectivity index (χ4v) is 2.77. The number of nitrogens with one attached hydrogen (secondary N) is 1. The molecule has 1 aromatic carbocycles. The Labute approximate surface area is 132 Å². The van der Waals surface area contributed by atoms with Crippen LogP contribution >= 0.6 is 0 Å². The summed E-state index contributed by atoms with van der Waals surface area (Å²) in [5.74, 6) is -0.0947. The van der Waals surface area contributed by atoms with E-state index in [2.05, 4.69) is 10.2 Å². The third kappa shape index (κ3) is 5.09. The standard InChI is InChI=1S/C17H26N2O3/c1-22-16(14-6-3-2-4-7-14)17(21)18-10-5-11-19-12-8-15(20)9-13-19/h2-4,6-7,15-16,20H,5,8-13H2,1H3,(H,18,21)/t16-/m1/s1. The molecular weight excluding hydrogens is 280 g/mol. The molecule has 1 amide bonds. The average Bonchev–Trinajstić information content (AvgIpc) is 2.55. The summed E-state index contributed by atoms with van der Waals surface area (Å²) in [4.78, 5) is 14.5. The van der Waals surface area contributed by atoms with Crippen LogP contribution in [0.25, 0.3) is 0 Å². The number of ether oxygens (including phenoxy) is 1. The van der Waals surface area contributed by atoms with Gasteiger partial charge >= 0.3 is 0 Å². The number of nitrogens with zero attached hydrogens (tertiary/aromatic N) is 1. The van der Waals surface area contributed by atoms with Crippen molar-refractivity contribution in [3.8, 4) is 0 Å². The summed E-state index contributed by atoms with van der Waals surface area (Å²) in [5.41, 5.74) is 0.868. The number of amides is 1. The highest BCUT2D eigenvalue weighted by atomic mass is 16.5. The maximum absolute atomic E-state index is 12.2. The van der Waals surface area contributed by atoms with Gasteiger partial charge in [-0.25, -0.2) is 0 Å². The molecule has 0 spiro atoms. The Kier molecular flexibility index (Phi) is 6.83. The highest BCUT2D eigenvalue weighted by Gasteiger charge is 2.19. The van der Waals surface area contributed by atoms with Crippen molar-refractivity contribution < 1.29 is 14.6 Å². The molecule has 1 saturated heterocycles. The number of benzene rings is 1. The topological polar surface area (TPSA) is 61.8 Å². The van der Waals surface area contributed by atoms with Gasteiger partial charge in [-0.05, 0) is 31.4 Å². The zero-order valence-corrected chi connectivity index (χ0v) is 13.2. The monoisotopic (exact) mass is 306 g/mol. The summed E-state index contributed by atoms with van der Waals surface area (Å²) in [6, 6.07) is 9.52. The number of aliphatic hydroxyl groups is 1. The molecule has 1 heterocycles. The van der Waals surface area contributed by atoms with Gasteiger partial charge in [0.15, 0.2) is 6.10 Å². The number of rotatable bonds is 7. The quantitative estimate of drug-likeness (QED) is 0.746. The molecule has 122 valence electrons. The Hall–Kier alpha value is -1.43. The number of likely N-dealkylation sites (tertiary alicyclic amines) is 1. The van der Waals surface area contributed by atoms with Gasteiger partial charge in [0.25, 0.3) is 5.91 Å². The van der Waals surface area contributed by atoms with Crippen LogP contribution in [0.4, 0.5) is 0 Å². The van der Waals surface area contributed by atoms with Gasteiger partial charge in [0.1, 0.15) is 0 Å². The zero-order valence-electron chi connectivity index (χ0n) is 13.2. The molecule has 5 nitrogen and oxygen atoms in total. The number of methoxy groups -OCH3 is 1. The van der Waals surface area contributed by atoms with Crippen molar-refractivity contribution in [3.05, 3.63) is 35.9 Å². The van der Waals surface area contributed by atoms with Gasteiger partial charge in [0.05, 0.1) is 6.10 Å². The van der Waals surface area contributed by atoms with Gasteiger partial charge in [-0.15, -0.1) is 0 Å². The molecule has 1 fully saturated rings. The Morgan fingerprint density at radius 2 is 2.05 bits per heavy atom. The van der Waals surface area contributed by atoms with Crippen LogP contribution in [0.5, 0.6) is 0 Å². The summed E-state index contributed by atoms with van der Waals surface area (Å²) in [6.45, 7) is 3.49. The summed E-state index contributed by atoms with van der Waals surface area (Å²) in [6.07, 6.45) is 1.93. The number of hydrogen-bond donors (Lipinski definition) is 2. The summed E-state index contributed by atoms with van der Waals surface area (Å²) >= 11 is 0. The van der Waals surface area contributed by atoms with E-state index in [0.29, 0.717) is 6.54 Å². The van der Waals surface area contributed by atoms with Gasteiger partial charge in [-0.1, -0.05) is 30.3 Å². The number of carbonyl (C=O) groups excluding carboxylic acids is 1. The predicted molar refractivity (Wildman–Crippen MR) is 85.5 cm³/mol. The third-order valence-electron chi connectivity index (χ3n) is 4.08. The first-order chi connectivity index (χ1) is 10.7. The van der Waals surface area contributed by atoms with Crippen LogP contribution in [-0.4, -0.2) is 55.3 Å². The van der Waals surface area contributed by atoms with Crippen molar-refractivity contribution in [2.45, 2.75) is 31.5 Å². The lowest BCUT2D eigenvalue weighted by molar-refractivity contribution is -0.131. The lowest BCUT2D eigenvalue weighted by Gasteiger charge is -2.29. The van der Waals surface area contributed by atoms with Gasteiger partial charge in [0.2, 0.25) is 0 Å². The molecule has 2 N–H and O–H groups in total. The first kappa shape index (κ1) is 16.9. The van der Waals surface area contributed by atoms with Crippen molar-refractivity contribution in [3.63, 3.8) is 0 Å². The molecule has 0 aromatic heterocycles. The average molecular weight is 306 g/mol. The van der Waals surface area contributed by atoms with Gasteiger partial charge in [-0.3, -0.25) is 4.79 Å². The van der Waals surface area contributed by atoms with Gasteiger partial charge in [-0.2, -0.15) is 0 Å². The summed E-state index contributed by atoms with van der Waals surface area (Å²) in [7, 11) is 1.55. The summed E-state index contributed by atoms with van der Waals surface area (Å²) < 4.78 is 5.31. The smallest absolute Gasteiger partial charge is 0.253 e. The molecule has 1 atom stereocenters. The number of aliphatic hydroxyl groups excluding tert-OH is 1. The van der Waals surface area contributed by atoms with E-state index >= 15 is 0 Å². The minimum Gasteiger partial charge on any atom is -0.393 e. The second-order valence-electron chi connectivity index (χ2n) is 5.74. The lowest BCUT2D eigenvalue weighted by atomic mass is 10.1. The number of hydrogen-bond acceptors (Lipinski definition) is 4. The van der Waals surface area contributed by atoms with Gasteiger partial charge < -0.3 is 20.1 Å². The zero-order chi connectivity index (χ0) is 15.8. The molecule has 0 unspecified atom stereocenters. The van der Waals surface area contributed by atoms with Gasteiger partial charge in [0, 0.05) is 26.7 Å². The summed E-state index contributed by atoms with van der Waals surface area (Å²) in [5, 5.41) is 12.4. The van der Waals surface area contributed by atoms with E-state index in [4.69, 9.17) is 4.74 Å². The molecule has 1 aliphatic rings. The van der Waals surface area contributed by atoms with Crippen LogP contribution in [0.1, 0.15) is 30.9 Å². The van der Waals surface area contributed by atoms with Crippen LogP contribution in [0.15, 0.2) is 30.3 Å². The van der Waals surface area contributed by atoms with Crippen LogP contribution in [0, 0.1) is 0 Å². The predicted octanol–water partition coefficient (Wildman–Crippen LogP) is 1.34. The van der Waals surface area contributed by atoms with E-state index in [1.807, 2.05) is 30.3 Å². The highest BCUT2D eigenvalue weighted by Crippen LogP contribution is 2.16. The van der Waals surface area contributed by atoms with Crippen molar-refractivity contribution in [1.29, 1.82) is 0 Å². The molecule has 0 saturated carbocycles. The van der Waals surface area contributed by atoms with Crippen molar-refractivity contribution in [1.82, 2.24) is 10.2 Å². The molecule has 1 aliphatic heterocycles. The van der Waals surface area contributed by atoms with Crippen LogP contribution in [-0.2, 0) is 9.53 Å². The minimum atomic E-state index is -0.550. The maximum Gasteiger partial charge on any atom is 0.253 e. The Morgan fingerprint density at radius 3 is 2.68 bits per heavy atom. The SMILES string of the molecule is CO[C@@H](C(=O)NCCCN1CCC(O)CC1)c1ccccc1. The van der Waals surface area contributed by atoms with E-state index in [0.717, 1.165) is 44.5 Å². The number of piperidine rings is 1. The van der Waals surface area contributed by atoms with E-state index in [1.165, 1.54) is 0 Å². The van der Waals surface area contributed by atoms with Crippen molar-refractivity contribution >= 4 is 5.91 Å². The van der Waals surface area contributed by atoms with E-state index < -0.39 is 6.10 Å². The first-order valence-electron chi connectivity index (χ1n) is 7.96. The molecule has 2 rings (SSSR count). The highest BCUT2D eigenvalue weighted by molar-refractivity contribution is 5.82. The fraction of sp³-hybridized carbons (Fsp3) is 0.588. The first-order valence-corrected chi connectivity index (χ1v) is 7.96. The minimum absolute atomic E-state index is 0.0947. The molecule has 1 aromatic rings. The van der Waals surface area contributed by atoms with E-state index in [-0.39, 0.29) is 12.0 Å². The maximum atomic E-state index is 12.2. The molecule has 22 heavy (non-hydrogen) atoms. The lowest BCUT2D eigenvalue weighted by Crippen LogP contribution is -2.38.